The number of nitrogens with zero attached hydrogens (tertiary/aromatic N) is 4. The van der Waals surface area contributed by atoms with Gasteiger partial charge in [0.2, 0.25) is 6.41 Å². The largest absolute Gasteiger partial charge is 0.481 e. The summed E-state index contributed by atoms with van der Waals surface area (Å²) in [5, 5.41) is 15.4. The quantitative estimate of drug-likeness (QED) is 0.345. The van der Waals surface area contributed by atoms with Crippen molar-refractivity contribution in [2.45, 2.75) is 34.1 Å². The third-order valence-corrected chi connectivity index (χ3v) is 7.34. The van der Waals surface area contributed by atoms with E-state index in [1.165, 1.54) is 11.3 Å². The van der Waals surface area contributed by atoms with Gasteiger partial charge < -0.3 is 20.1 Å². The topological polar surface area (TPSA) is 124 Å². The van der Waals surface area contributed by atoms with Crippen molar-refractivity contribution < 1.29 is 24.2 Å². The van der Waals surface area contributed by atoms with Crippen LogP contribution in [0.15, 0.2) is 27.8 Å². The SMILES string of the molecule is CCOC(=O)C1=C(CN2CCC(C)C(CN(C=O)CC(C)(C)C(=O)O)C2)NC(c2nccs2)=NC1. The molecule has 2 aliphatic rings. The number of aliphatic imine (C=N–C) groups is 1. The van der Waals surface area contributed by atoms with E-state index < -0.39 is 11.4 Å². The van der Waals surface area contributed by atoms with E-state index in [0.717, 1.165) is 36.6 Å². The molecule has 2 N–H and O–H groups in total. The Morgan fingerprint density at radius 3 is 2.83 bits per heavy atom. The molecule has 0 radical (unpaired) electrons. The number of aromatic nitrogens is 1. The molecule has 3 rings (SSSR count). The van der Waals surface area contributed by atoms with E-state index in [4.69, 9.17) is 4.74 Å². The average Bonchev–Trinajstić information content (AvgIpc) is 3.35. The molecule has 0 aromatic carbocycles. The summed E-state index contributed by atoms with van der Waals surface area (Å²) in [6.45, 7) is 10.5. The summed E-state index contributed by atoms with van der Waals surface area (Å²) in [4.78, 5) is 48.6. The third kappa shape index (κ3) is 6.88. The van der Waals surface area contributed by atoms with Gasteiger partial charge in [0.1, 0.15) is 0 Å². The Hall–Kier alpha value is -2.79. The van der Waals surface area contributed by atoms with Gasteiger partial charge in [-0.3, -0.25) is 19.5 Å². The normalized spacial score (nSPS) is 21.2. The first-order valence-electron chi connectivity index (χ1n) is 11.9. The molecule has 1 saturated heterocycles. The van der Waals surface area contributed by atoms with Gasteiger partial charge in [-0.2, -0.15) is 0 Å². The Bertz CT molecular complexity index is 975. The number of hydrogen-bond acceptors (Lipinski definition) is 9. The van der Waals surface area contributed by atoms with Crippen LogP contribution in [0.1, 0.15) is 39.1 Å². The number of amidine groups is 1. The van der Waals surface area contributed by atoms with Crippen molar-refractivity contribution in [1.82, 2.24) is 20.1 Å². The lowest BCUT2D eigenvalue weighted by molar-refractivity contribution is -0.148. The standard InChI is InChI=1S/C24H35N5O5S/c1-5-34-22(31)18-10-26-20(21-25-7-9-35-21)27-19(18)13-28-8-6-16(2)17(11-28)12-29(15-30)14-24(3,4)23(32)33/h7,9,15-17H,5-6,8,10-14H2,1-4H3,(H,26,27)(H,32,33). The predicted molar refractivity (Wildman–Crippen MR) is 133 cm³/mol. The van der Waals surface area contributed by atoms with Crippen LogP contribution < -0.4 is 5.32 Å². The Balaban J connectivity index is 1.72. The van der Waals surface area contributed by atoms with Crippen molar-refractivity contribution in [3.63, 3.8) is 0 Å². The minimum absolute atomic E-state index is 0.155. The van der Waals surface area contributed by atoms with Crippen LogP contribution >= 0.6 is 11.3 Å². The van der Waals surface area contributed by atoms with Crippen molar-refractivity contribution in [3.8, 4) is 0 Å². The number of piperidine rings is 1. The molecule has 3 heterocycles. The van der Waals surface area contributed by atoms with Gasteiger partial charge in [0.25, 0.3) is 0 Å². The fourth-order valence-electron chi connectivity index (χ4n) is 4.36. The zero-order valence-electron chi connectivity index (χ0n) is 20.8. The van der Waals surface area contributed by atoms with Crippen molar-refractivity contribution in [1.29, 1.82) is 0 Å². The molecule has 10 nitrogen and oxygen atoms in total. The minimum Gasteiger partial charge on any atom is -0.481 e. The number of nitrogens with one attached hydrogen (secondary N) is 1. The zero-order chi connectivity index (χ0) is 25.6. The van der Waals surface area contributed by atoms with Crippen LogP contribution in [0.2, 0.25) is 0 Å². The second kappa shape index (κ2) is 11.8. The molecule has 2 unspecified atom stereocenters. The van der Waals surface area contributed by atoms with Gasteiger partial charge in [-0.05, 0) is 45.6 Å². The smallest absolute Gasteiger partial charge is 0.337 e. The van der Waals surface area contributed by atoms with E-state index in [1.54, 1.807) is 31.9 Å². The number of carbonyl (C=O) groups is 3. The maximum Gasteiger partial charge on any atom is 0.337 e. The highest BCUT2D eigenvalue weighted by atomic mass is 32.1. The summed E-state index contributed by atoms with van der Waals surface area (Å²) in [7, 11) is 0. The molecule has 2 atom stereocenters. The van der Waals surface area contributed by atoms with Gasteiger partial charge in [-0.1, -0.05) is 6.92 Å². The first-order valence-corrected chi connectivity index (χ1v) is 12.8. The Morgan fingerprint density at radius 2 is 2.20 bits per heavy atom. The molecule has 2 aliphatic heterocycles. The fraction of sp³-hybridized carbons (Fsp3) is 0.625. The van der Waals surface area contributed by atoms with Crippen LogP contribution in [-0.2, 0) is 19.1 Å². The molecule has 1 fully saturated rings. The summed E-state index contributed by atoms with van der Waals surface area (Å²) in [6, 6.07) is 0. The van der Waals surface area contributed by atoms with E-state index in [9.17, 15) is 19.5 Å². The van der Waals surface area contributed by atoms with Crippen molar-refractivity contribution in [3.05, 3.63) is 27.9 Å². The number of thiazole rings is 1. The zero-order valence-corrected chi connectivity index (χ0v) is 21.6. The summed E-state index contributed by atoms with van der Waals surface area (Å²) < 4.78 is 5.27. The molecule has 1 aromatic rings. The van der Waals surface area contributed by atoms with Crippen LogP contribution in [0.3, 0.4) is 0 Å². The Labute approximate surface area is 210 Å². The number of ether oxygens (including phenoxy) is 1. The Morgan fingerprint density at radius 1 is 1.43 bits per heavy atom. The summed E-state index contributed by atoms with van der Waals surface area (Å²) in [6.07, 6.45) is 3.40. The van der Waals surface area contributed by atoms with Gasteiger partial charge in [-0.25, -0.2) is 9.78 Å². The molecular formula is C24H35N5O5S. The van der Waals surface area contributed by atoms with Crippen LogP contribution in [0.4, 0.5) is 0 Å². The fourth-order valence-corrected chi connectivity index (χ4v) is 4.96. The van der Waals surface area contributed by atoms with Crippen LogP contribution in [0.5, 0.6) is 0 Å². The molecule has 0 spiro atoms. The number of carboxylic acids is 1. The number of carbonyl (C=O) groups excluding carboxylic acids is 2. The van der Waals surface area contributed by atoms with Gasteiger partial charge in [0.05, 0.1) is 24.1 Å². The van der Waals surface area contributed by atoms with Gasteiger partial charge in [-0.15, -0.1) is 11.3 Å². The first-order chi connectivity index (χ1) is 16.6. The summed E-state index contributed by atoms with van der Waals surface area (Å²) in [5.41, 5.74) is 0.256. The van der Waals surface area contributed by atoms with Crippen molar-refractivity contribution in [2.24, 2.45) is 22.2 Å². The molecule has 35 heavy (non-hydrogen) atoms. The van der Waals surface area contributed by atoms with E-state index >= 15 is 0 Å². The van der Waals surface area contributed by atoms with Crippen LogP contribution in [0.25, 0.3) is 0 Å². The number of amides is 1. The highest BCUT2D eigenvalue weighted by Crippen LogP contribution is 2.27. The number of likely N-dealkylation sites (tertiary alicyclic amines) is 1. The second-order valence-electron chi connectivity index (χ2n) is 9.79. The molecule has 1 aromatic heterocycles. The lowest BCUT2D eigenvalue weighted by Gasteiger charge is -2.40. The highest BCUT2D eigenvalue weighted by Gasteiger charge is 2.34. The number of rotatable bonds is 11. The van der Waals surface area contributed by atoms with Gasteiger partial charge >= 0.3 is 11.9 Å². The maximum absolute atomic E-state index is 12.6. The molecular weight excluding hydrogens is 470 g/mol. The van der Waals surface area contributed by atoms with E-state index in [2.05, 4.69) is 27.1 Å². The minimum atomic E-state index is -1.02. The van der Waals surface area contributed by atoms with Crippen LogP contribution in [0, 0.1) is 17.3 Å². The molecule has 0 saturated carbocycles. The molecule has 11 heteroatoms. The summed E-state index contributed by atoms with van der Waals surface area (Å²) >= 11 is 1.48. The molecule has 192 valence electrons. The monoisotopic (exact) mass is 505 g/mol. The van der Waals surface area contributed by atoms with Crippen molar-refractivity contribution in [2.75, 3.05) is 45.9 Å². The molecule has 0 aliphatic carbocycles. The average molecular weight is 506 g/mol. The molecule has 0 bridgehead atoms. The van der Waals surface area contributed by atoms with E-state index in [0.29, 0.717) is 30.4 Å². The highest BCUT2D eigenvalue weighted by molar-refractivity contribution is 7.11. The predicted octanol–water partition coefficient (Wildman–Crippen LogP) is 1.84. The maximum atomic E-state index is 12.6. The summed E-state index contributed by atoms with van der Waals surface area (Å²) in [5.74, 6) is -0.0927. The third-order valence-electron chi connectivity index (χ3n) is 6.56. The first kappa shape index (κ1) is 26.8. The molecule has 1 amide bonds. The second-order valence-corrected chi connectivity index (χ2v) is 10.7. The Kier molecular flexibility index (Phi) is 9.01. The number of hydrogen-bond donors (Lipinski definition) is 2. The van der Waals surface area contributed by atoms with Crippen LogP contribution in [-0.4, -0.2) is 90.0 Å². The van der Waals surface area contributed by atoms with E-state index in [-0.39, 0.29) is 31.6 Å². The number of esters is 1. The van der Waals surface area contributed by atoms with Gasteiger partial charge in [0, 0.05) is 43.5 Å². The van der Waals surface area contributed by atoms with Crippen molar-refractivity contribution >= 4 is 35.5 Å². The van der Waals surface area contributed by atoms with E-state index in [1.807, 2.05) is 5.38 Å². The number of aliphatic carboxylic acids is 1. The van der Waals surface area contributed by atoms with Gasteiger partial charge in [0.15, 0.2) is 10.8 Å². The number of carboxylic acid groups (broad SMARTS) is 1. The lowest BCUT2D eigenvalue weighted by atomic mass is 9.85. The lowest BCUT2D eigenvalue weighted by Crippen LogP contribution is -2.48.